The summed E-state index contributed by atoms with van der Waals surface area (Å²) in [5.41, 5.74) is 0.772. The normalized spacial score (nSPS) is 21.1. The molecule has 21 heavy (non-hydrogen) atoms. The molecule has 118 valence electrons. The van der Waals surface area contributed by atoms with Crippen LogP contribution in [0.15, 0.2) is 24.3 Å². The van der Waals surface area contributed by atoms with Gasteiger partial charge in [-0.2, -0.15) is 0 Å². The van der Waals surface area contributed by atoms with E-state index in [4.69, 9.17) is 0 Å². The highest BCUT2D eigenvalue weighted by molar-refractivity contribution is 5.21. The zero-order valence-electron chi connectivity index (χ0n) is 13.5. The van der Waals surface area contributed by atoms with E-state index in [-0.39, 0.29) is 11.9 Å². The van der Waals surface area contributed by atoms with Crippen LogP contribution in [0.1, 0.15) is 24.4 Å². The van der Waals surface area contributed by atoms with Gasteiger partial charge in [-0.05, 0) is 59.1 Å². The highest BCUT2D eigenvalue weighted by Gasteiger charge is 2.21. The van der Waals surface area contributed by atoms with Crippen LogP contribution in [0.4, 0.5) is 4.39 Å². The SMILES string of the molecule is CNC(CCN(C)CC1CCN(C)C1)c1ccccc1F. The molecule has 1 aromatic rings. The van der Waals surface area contributed by atoms with Crippen LogP contribution in [-0.2, 0) is 0 Å². The van der Waals surface area contributed by atoms with Crippen molar-refractivity contribution in [1.82, 2.24) is 15.1 Å². The third kappa shape index (κ3) is 4.77. The fourth-order valence-corrected chi connectivity index (χ4v) is 3.27. The second-order valence-corrected chi connectivity index (χ2v) is 6.33. The molecule has 2 atom stereocenters. The quantitative estimate of drug-likeness (QED) is 0.832. The van der Waals surface area contributed by atoms with Gasteiger partial charge < -0.3 is 15.1 Å². The number of likely N-dealkylation sites (tertiary alicyclic amines) is 1. The molecule has 0 aromatic heterocycles. The third-order valence-electron chi connectivity index (χ3n) is 4.49. The van der Waals surface area contributed by atoms with Crippen molar-refractivity contribution in [3.05, 3.63) is 35.6 Å². The minimum atomic E-state index is -0.114. The first-order valence-electron chi connectivity index (χ1n) is 7.89. The van der Waals surface area contributed by atoms with E-state index in [2.05, 4.69) is 29.2 Å². The average Bonchev–Trinajstić information content (AvgIpc) is 2.86. The number of hydrogen-bond donors (Lipinski definition) is 1. The fourth-order valence-electron chi connectivity index (χ4n) is 3.27. The van der Waals surface area contributed by atoms with E-state index in [9.17, 15) is 4.39 Å². The molecule has 3 nitrogen and oxygen atoms in total. The van der Waals surface area contributed by atoms with Crippen molar-refractivity contribution in [2.24, 2.45) is 5.92 Å². The molecular weight excluding hydrogens is 265 g/mol. The standard InChI is InChI=1S/C17H28FN3/c1-19-17(15-6-4-5-7-16(15)18)9-11-21(3)13-14-8-10-20(2)12-14/h4-7,14,17,19H,8-13H2,1-3H3. The van der Waals surface area contributed by atoms with Crippen molar-refractivity contribution in [2.45, 2.75) is 18.9 Å². The van der Waals surface area contributed by atoms with E-state index in [1.54, 1.807) is 6.07 Å². The summed E-state index contributed by atoms with van der Waals surface area (Å²) < 4.78 is 13.9. The Hall–Kier alpha value is -0.970. The van der Waals surface area contributed by atoms with Crippen molar-refractivity contribution < 1.29 is 4.39 Å². The summed E-state index contributed by atoms with van der Waals surface area (Å²) in [5.74, 6) is 0.665. The van der Waals surface area contributed by atoms with Crippen molar-refractivity contribution >= 4 is 0 Å². The van der Waals surface area contributed by atoms with Gasteiger partial charge in [-0.25, -0.2) is 4.39 Å². The van der Waals surface area contributed by atoms with Crippen LogP contribution < -0.4 is 5.32 Å². The topological polar surface area (TPSA) is 18.5 Å². The highest BCUT2D eigenvalue weighted by atomic mass is 19.1. The first-order chi connectivity index (χ1) is 10.1. The summed E-state index contributed by atoms with van der Waals surface area (Å²) in [6.45, 7) is 4.54. The van der Waals surface area contributed by atoms with Crippen molar-refractivity contribution in [2.75, 3.05) is 47.3 Å². The number of nitrogens with zero attached hydrogens (tertiary/aromatic N) is 2. The molecule has 1 saturated heterocycles. The third-order valence-corrected chi connectivity index (χ3v) is 4.49. The molecule has 0 saturated carbocycles. The number of halogens is 1. The molecule has 0 radical (unpaired) electrons. The zero-order valence-corrected chi connectivity index (χ0v) is 13.5. The maximum Gasteiger partial charge on any atom is 0.127 e. The lowest BCUT2D eigenvalue weighted by atomic mass is 10.0. The summed E-state index contributed by atoms with van der Waals surface area (Å²) >= 11 is 0. The monoisotopic (exact) mass is 293 g/mol. The zero-order chi connectivity index (χ0) is 15.2. The summed E-state index contributed by atoms with van der Waals surface area (Å²) in [5, 5.41) is 3.24. The van der Waals surface area contributed by atoms with E-state index in [1.807, 2.05) is 19.2 Å². The van der Waals surface area contributed by atoms with Gasteiger partial charge in [0, 0.05) is 24.7 Å². The maximum atomic E-state index is 13.9. The Kier molecular flexibility index (Phi) is 6.15. The molecule has 2 rings (SSSR count). The van der Waals surface area contributed by atoms with Crippen molar-refractivity contribution in [3.8, 4) is 0 Å². The largest absolute Gasteiger partial charge is 0.313 e. The van der Waals surface area contributed by atoms with E-state index in [0.29, 0.717) is 0 Å². The number of hydrogen-bond acceptors (Lipinski definition) is 3. The van der Waals surface area contributed by atoms with Crippen LogP contribution in [-0.4, -0.2) is 57.1 Å². The molecule has 2 unspecified atom stereocenters. The maximum absolute atomic E-state index is 13.9. The van der Waals surface area contributed by atoms with E-state index >= 15 is 0 Å². The molecule has 4 heteroatoms. The molecule has 0 spiro atoms. The highest BCUT2D eigenvalue weighted by Crippen LogP contribution is 2.21. The Morgan fingerprint density at radius 1 is 1.43 bits per heavy atom. The number of benzene rings is 1. The summed E-state index contributed by atoms with van der Waals surface area (Å²) in [7, 11) is 6.27. The Labute approximate surface area is 128 Å². The van der Waals surface area contributed by atoms with Gasteiger partial charge in [0.05, 0.1) is 0 Å². The van der Waals surface area contributed by atoms with Crippen LogP contribution in [0.5, 0.6) is 0 Å². The van der Waals surface area contributed by atoms with Crippen LogP contribution in [0.25, 0.3) is 0 Å². The lowest BCUT2D eigenvalue weighted by molar-refractivity contribution is 0.260. The van der Waals surface area contributed by atoms with E-state index < -0.39 is 0 Å². The molecule has 0 aliphatic carbocycles. The van der Waals surface area contributed by atoms with Crippen LogP contribution in [0, 0.1) is 11.7 Å². The molecule has 0 bridgehead atoms. The summed E-state index contributed by atoms with van der Waals surface area (Å²) in [4.78, 5) is 4.78. The predicted molar refractivity (Wildman–Crippen MR) is 85.9 cm³/mol. The van der Waals surface area contributed by atoms with Gasteiger partial charge in [0.2, 0.25) is 0 Å². The Morgan fingerprint density at radius 3 is 2.81 bits per heavy atom. The average molecular weight is 293 g/mol. The smallest absolute Gasteiger partial charge is 0.127 e. The molecule has 1 aliphatic heterocycles. The van der Waals surface area contributed by atoms with Gasteiger partial charge in [-0.1, -0.05) is 18.2 Å². The van der Waals surface area contributed by atoms with Crippen LogP contribution in [0.2, 0.25) is 0 Å². The Morgan fingerprint density at radius 2 is 2.19 bits per heavy atom. The van der Waals surface area contributed by atoms with E-state index in [0.717, 1.165) is 31.0 Å². The number of nitrogens with one attached hydrogen (secondary N) is 1. The minimum Gasteiger partial charge on any atom is -0.313 e. The van der Waals surface area contributed by atoms with Gasteiger partial charge in [0.25, 0.3) is 0 Å². The first-order valence-corrected chi connectivity index (χ1v) is 7.89. The van der Waals surface area contributed by atoms with E-state index in [1.165, 1.54) is 25.6 Å². The van der Waals surface area contributed by atoms with Crippen molar-refractivity contribution in [1.29, 1.82) is 0 Å². The lowest BCUT2D eigenvalue weighted by Gasteiger charge is -2.24. The van der Waals surface area contributed by atoms with Gasteiger partial charge in [0.15, 0.2) is 0 Å². The van der Waals surface area contributed by atoms with Gasteiger partial charge >= 0.3 is 0 Å². The fraction of sp³-hybridized carbons (Fsp3) is 0.647. The molecular formula is C17H28FN3. The van der Waals surface area contributed by atoms with Crippen LogP contribution in [0.3, 0.4) is 0 Å². The lowest BCUT2D eigenvalue weighted by Crippen LogP contribution is -2.30. The predicted octanol–water partition coefficient (Wildman–Crippen LogP) is 2.36. The molecule has 0 amide bonds. The first kappa shape index (κ1) is 16.4. The summed E-state index contributed by atoms with van der Waals surface area (Å²) in [6.07, 6.45) is 2.22. The second kappa shape index (κ2) is 7.87. The molecule has 1 aliphatic rings. The van der Waals surface area contributed by atoms with Crippen molar-refractivity contribution in [3.63, 3.8) is 0 Å². The minimum absolute atomic E-state index is 0.0832. The molecule has 1 fully saturated rings. The Balaban J connectivity index is 1.81. The molecule has 1 aromatic carbocycles. The van der Waals surface area contributed by atoms with Gasteiger partial charge in [0.1, 0.15) is 5.82 Å². The Bertz CT molecular complexity index is 438. The second-order valence-electron chi connectivity index (χ2n) is 6.33. The van der Waals surface area contributed by atoms with Gasteiger partial charge in [-0.15, -0.1) is 0 Å². The molecule has 1 heterocycles. The molecule has 1 N–H and O–H groups in total. The van der Waals surface area contributed by atoms with Crippen LogP contribution >= 0.6 is 0 Å². The summed E-state index contributed by atoms with van der Waals surface area (Å²) in [6, 6.07) is 7.15. The number of rotatable bonds is 7. The van der Waals surface area contributed by atoms with Gasteiger partial charge in [-0.3, -0.25) is 0 Å².